The lowest BCUT2D eigenvalue weighted by Gasteiger charge is -2.02. The van der Waals surface area contributed by atoms with Crippen molar-refractivity contribution in [3.05, 3.63) is 23.8 Å². The minimum absolute atomic E-state index is 0.0264. The van der Waals surface area contributed by atoms with Crippen LogP contribution in [0.1, 0.15) is 16.8 Å². The Morgan fingerprint density at radius 1 is 1.15 bits per heavy atom. The van der Waals surface area contributed by atoms with Gasteiger partial charge < -0.3 is 17.2 Å². The summed E-state index contributed by atoms with van der Waals surface area (Å²) in [5, 5.41) is 0. The van der Waals surface area contributed by atoms with Gasteiger partial charge in [-0.1, -0.05) is 0 Å². The Bertz CT molecular complexity index is 302. The van der Waals surface area contributed by atoms with E-state index in [-0.39, 0.29) is 5.78 Å². The molecular weight excluding hydrogens is 166 g/mol. The quantitative estimate of drug-likeness (QED) is 0.462. The summed E-state index contributed by atoms with van der Waals surface area (Å²) < 4.78 is 0. The molecule has 13 heavy (non-hydrogen) atoms. The van der Waals surface area contributed by atoms with Gasteiger partial charge in [0.2, 0.25) is 0 Å². The first-order valence-corrected chi connectivity index (χ1v) is 4.03. The molecule has 0 aliphatic carbocycles. The van der Waals surface area contributed by atoms with Gasteiger partial charge in [0, 0.05) is 23.4 Å². The van der Waals surface area contributed by atoms with E-state index >= 15 is 0 Å². The van der Waals surface area contributed by atoms with Gasteiger partial charge >= 0.3 is 0 Å². The fourth-order valence-corrected chi connectivity index (χ4v) is 1.11. The van der Waals surface area contributed by atoms with E-state index in [0.29, 0.717) is 29.9 Å². The summed E-state index contributed by atoms with van der Waals surface area (Å²) in [5.74, 6) is -0.0264. The first kappa shape index (κ1) is 9.54. The predicted molar refractivity (Wildman–Crippen MR) is 53.3 cm³/mol. The molecule has 0 aliphatic rings. The summed E-state index contributed by atoms with van der Waals surface area (Å²) in [4.78, 5) is 11.4. The van der Waals surface area contributed by atoms with Gasteiger partial charge in [0.15, 0.2) is 5.78 Å². The van der Waals surface area contributed by atoms with Crippen LogP contribution in [0, 0.1) is 0 Å². The van der Waals surface area contributed by atoms with Crippen molar-refractivity contribution in [1.29, 1.82) is 0 Å². The third-order valence-electron chi connectivity index (χ3n) is 1.67. The van der Waals surface area contributed by atoms with Crippen LogP contribution in [-0.4, -0.2) is 12.3 Å². The predicted octanol–water partition coefficient (Wildman–Crippen LogP) is 0.383. The van der Waals surface area contributed by atoms with Gasteiger partial charge in [-0.2, -0.15) is 0 Å². The number of hydrogen-bond acceptors (Lipinski definition) is 4. The normalized spacial score (nSPS) is 9.92. The van der Waals surface area contributed by atoms with E-state index in [0.717, 1.165) is 0 Å². The van der Waals surface area contributed by atoms with E-state index in [1.165, 1.54) is 0 Å². The first-order valence-electron chi connectivity index (χ1n) is 4.03. The van der Waals surface area contributed by atoms with E-state index in [2.05, 4.69) is 0 Å². The molecular formula is C9H13N3O. The van der Waals surface area contributed by atoms with E-state index in [9.17, 15) is 4.79 Å². The topological polar surface area (TPSA) is 95.1 Å². The van der Waals surface area contributed by atoms with Crippen molar-refractivity contribution in [3.63, 3.8) is 0 Å². The molecule has 0 spiro atoms. The zero-order chi connectivity index (χ0) is 9.84. The van der Waals surface area contributed by atoms with Crippen molar-refractivity contribution >= 4 is 17.2 Å². The molecule has 0 unspecified atom stereocenters. The van der Waals surface area contributed by atoms with Crippen molar-refractivity contribution in [3.8, 4) is 0 Å². The maximum Gasteiger partial charge on any atom is 0.164 e. The molecule has 0 atom stereocenters. The molecule has 0 saturated heterocycles. The molecule has 0 aromatic heterocycles. The van der Waals surface area contributed by atoms with E-state index in [1.54, 1.807) is 18.2 Å². The molecule has 6 N–H and O–H groups in total. The standard InChI is InChI=1S/C9H13N3O/c10-2-1-9(13)6-3-7(11)5-8(12)4-6/h3-5H,1-2,10-12H2. The third-order valence-corrected chi connectivity index (χ3v) is 1.67. The van der Waals surface area contributed by atoms with Crippen LogP contribution in [0.4, 0.5) is 11.4 Å². The lowest BCUT2D eigenvalue weighted by atomic mass is 10.1. The molecule has 4 nitrogen and oxygen atoms in total. The molecule has 0 fully saturated rings. The van der Waals surface area contributed by atoms with Gasteiger partial charge in [0.1, 0.15) is 0 Å². The zero-order valence-electron chi connectivity index (χ0n) is 7.29. The number of nitrogen functional groups attached to an aromatic ring is 2. The largest absolute Gasteiger partial charge is 0.399 e. The van der Waals surface area contributed by atoms with Crippen molar-refractivity contribution in [2.45, 2.75) is 6.42 Å². The minimum Gasteiger partial charge on any atom is -0.399 e. The molecule has 1 rings (SSSR count). The average molecular weight is 179 g/mol. The average Bonchev–Trinajstić information content (AvgIpc) is 2.03. The van der Waals surface area contributed by atoms with Crippen LogP contribution in [0.25, 0.3) is 0 Å². The van der Waals surface area contributed by atoms with Gasteiger partial charge in [-0.05, 0) is 24.7 Å². The van der Waals surface area contributed by atoms with Gasteiger partial charge in [-0.3, -0.25) is 4.79 Å². The van der Waals surface area contributed by atoms with E-state index in [1.807, 2.05) is 0 Å². The molecule has 1 aromatic carbocycles. The Labute approximate surface area is 76.7 Å². The van der Waals surface area contributed by atoms with Gasteiger partial charge in [-0.25, -0.2) is 0 Å². The van der Waals surface area contributed by atoms with Crippen molar-refractivity contribution < 1.29 is 4.79 Å². The van der Waals surface area contributed by atoms with Crippen LogP contribution >= 0.6 is 0 Å². The Kier molecular flexibility index (Phi) is 2.87. The zero-order valence-corrected chi connectivity index (χ0v) is 7.29. The summed E-state index contributed by atoms with van der Waals surface area (Å²) in [5.41, 5.74) is 17.9. The molecule has 70 valence electrons. The van der Waals surface area contributed by atoms with Gasteiger partial charge in [0.05, 0.1) is 0 Å². The van der Waals surface area contributed by atoms with Crippen LogP contribution in [0.15, 0.2) is 18.2 Å². The second-order valence-electron chi connectivity index (χ2n) is 2.85. The Balaban J connectivity index is 2.94. The Morgan fingerprint density at radius 2 is 1.69 bits per heavy atom. The number of nitrogens with two attached hydrogens (primary N) is 3. The highest BCUT2D eigenvalue weighted by Crippen LogP contribution is 2.14. The maximum atomic E-state index is 11.4. The number of hydrogen-bond donors (Lipinski definition) is 3. The third kappa shape index (κ3) is 2.45. The molecule has 0 bridgehead atoms. The molecule has 1 aromatic rings. The van der Waals surface area contributed by atoms with Crippen LogP contribution in [0.2, 0.25) is 0 Å². The lowest BCUT2D eigenvalue weighted by Crippen LogP contribution is -2.08. The monoisotopic (exact) mass is 179 g/mol. The summed E-state index contributed by atoms with van der Waals surface area (Å²) in [6.07, 6.45) is 0.322. The molecule has 0 amide bonds. The fourth-order valence-electron chi connectivity index (χ4n) is 1.11. The number of rotatable bonds is 3. The summed E-state index contributed by atoms with van der Waals surface area (Å²) in [6.45, 7) is 0.341. The molecule has 0 aliphatic heterocycles. The highest BCUT2D eigenvalue weighted by Gasteiger charge is 2.05. The molecule has 4 heteroatoms. The number of carbonyl (C=O) groups is 1. The maximum absolute atomic E-state index is 11.4. The van der Waals surface area contributed by atoms with Crippen molar-refractivity contribution in [2.24, 2.45) is 5.73 Å². The van der Waals surface area contributed by atoms with Crippen LogP contribution in [0.5, 0.6) is 0 Å². The number of anilines is 2. The summed E-state index contributed by atoms with van der Waals surface area (Å²) >= 11 is 0. The first-order chi connectivity index (χ1) is 6.13. The SMILES string of the molecule is NCCC(=O)c1cc(N)cc(N)c1. The van der Waals surface area contributed by atoms with Crippen molar-refractivity contribution in [1.82, 2.24) is 0 Å². The van der Waals surface area contributed by atoms with E-state index in [4.69, 9.17) is 17.2 Å². The van der Waals surface area contributed by atoms with Crippen molar-refractivity contribution in [2.75, 3.05) is 18.0 Å². The smallest absolute Gasteiger partial charge is 0.164 e. The second kappa shape index (κ2) is 3.91. The van der Waals surface area contributed by atoms with E-state index < -0.39 is 0 Å². The number of ketones is 1. The number of Topliss-reactive ketones (excluding diaryl/α,β-unsaturated/α-hetero) is 1. The Morgan fingerprint density at radius 3 is 2.15 bits per heavy atom. The minimum atomic E-state index is -0.0264. The second-order valence-corrected chi connectivity index (χ2v) is 2.85. The highest BCUT2D eigenvalue weighted by atomic mass is 16.1. The number of carbonyl (C=O) groups excluding carboxylic acids is 1. The van der Waals surface area contributed by atoms with Crippen LogP contribution < -0.4 is 17.2 Å². The number of benzene rings is 1. The molecule has 0 saturated carbocycles. The summed E-state index contributed by atoms with van der Waals surface area (Å²) in [6, 6.07) is 4.82. The van der Waals surface area contributed by atoms with Gasteiger partial charge in [-0.15, -0.1) is 0 Å². The molecule has 0 radical (unpaired) electrons. The van der Waals surface area contributed by atoms with Crippen LogP contribution in [0.3, 0.4) is 0 Å². The lowest BCUT2D eigenvalue weighted by molar-refractivity contribution is 0.0985. The highest BCUT2D eigenvalue weighted by molar-refractivity contribution is 5.97. The van der Waals surface area contributed by atoms with Crippen LogP contribution in [-0.2, 0) is 0 Å². The Hall–Kier alpha value is -1.55. The summed E-state index contributed by atoms with van der Waals surface area (Å²) in [7, 11) is 0. The molecule has 0 heterocycles. The fraction of sp³-hybridized carbons (Fsp3) is 0.222. The van der Waals surface area contributed by atoms with Gasteiger partial charge in [0.25, 0.3) is 0 Å².